The maximum absolute atomic E-state index is 4.32. The molecule has 0 saturated heterocycles. The fraction of sp³-hybridized carbons (Fsp3) is 0.154. The van der Waals surface area contributed by atoms with Crippen LogP contribution in [-0.4, -0.2) is 16.3 Å². The molecular formula is C13H15N3. The standard InChI is InChI=1S/C13H15N3/c1-2-8-14-9-12-10-15-16(11-12)13-6-4-3-5-7-13/h2-7,10-11,14H,1,8-9H2. The number of aromatic nitrogens is 2. The first-order valence-corrected chi connectivity index (χ1v) is 5.31. The first-order valence-electron chi connectivity index (χ1n) is 5.31. The zero-order chi connectivity index (χ0) is 11.2. The van der Waals surface area contributed by atoms with E-state index in [1.165, 1.54) is 5.56 Å². The Kier molecular flexibility index (Phi) is 3.51. The molecule has 0 spiro atoms. The van der Waals surface area contributed by atoms with Gasteiger partial charge in [0.15, 0.2) is 0 Å². The summed E-state index contributed by atoms with van der Waals surface area (Å²) < 4.78 is 1.88. The Hall–Kier alpha value is -1.87. The van der Waals surface area contributed by atoms with Crippen LogP contribution in [0.3, 0.4) is 0 Å². The van der Waals surface area contributed by atoms with Crippen LogP contribution in [0.5, 0.6) is 0 Å². The van der Waals surface area contributed by atoms with Crippen LogP contribution in [0.1, 0.15) is 5.56 Å². The normalized spacial score (nSPS) is 10.2. The lowest BCUT2D eigenvalue weighted by Crippen LogP contribution is -2.11. The molecule has 0 aliphatic carbocycles. The Bertz CT molecular complexity index is 445. The Balaban J connectivity index is 2.05. The summed E-state index contributed by atoms with van der Waals surface area (Å²) in [5.74, 6) is 0. The molecule has 3 heteroatoms. The van der Waals surface area contributed by atoms with Crippen LogP contribution < -0.4 is 5.32 Å². The molecule has 0 aliphatic rings. The number of para-hydroxylation sites is 1. The summed E-state index contributed by atoms with van der Waals surface area (Å²) in [4.78, 5) is 0. The van der Waals surface area contributed by atoms with E-state index in [0.717, 1.165) is 18.8 Å². The molecule has 0 unspecified atom stereocenters. The molecule has 1 aromatic carbocycles. The highest BCUT2D eigenvalue weighted by atomic mass is 15.3. The lowest BCUT2D eigenvalue weighted by atomic mass is 10.3. The summed E-state index contributed by atoms with van der Waals surface area (Å²) >= 11 is 0. The SMILES string of the molecule is C=CCNCc1cnn(-c2ccccc2)c1. The fourth-order valence-corrected chi connectivity index (χ4v) is 1.49. The first kappa shape index (κ1) is 10.6. The van der Waals surface area contributed by atoms with E-state index in [-0.39, 0.29) is 0 Å². The zero-order valence-corrected chi connectivity index (χ0v) is 9.13. The lowest BCUT2D eigenvalue weighted by Gasteiger charge is -1.99. The largest absolute Gasteiger partial charge is 0.309 e. The van der Waals surface area contributed by atoms with E-state index in [4.69, 9.17) is 0 Å². The van der Waals surface area contributed by atoms with Crippen LogP contribution in [0.2, 0.25) is 0 Å². The van der Waals surface area contributed by atoms with Crippen LogP contribution in [0.15, 0.2) is 55.4 Å². The van der Waals surface area contributed by atoms with E-state index in [1.807, 2.05) is 53.5 Å². The molecule has 0 aliphatic heterocycles. The summed E-state index contributed by atoms with van der Waals surface area (Å²) in [5, 5.41) is 7.56. The van der Waals surface area contributed by atoms with Crippen molar-refractivity contribution in [1.29, 1.82) is 0 Å². The molecule has 16 heavy (non-hydrogen) atoms. The van der Waals surface area contributed by atoms with Gasteiger partial charge in [0, 0.05) is 24.8 Å². The van der Waals surface area contributed by atoms with E-state index < -0.39 is 0 Å². The number of nitrogens with zero attached hydrogens (tertiary/aromatic N) is 2. The predicted octanol–water partition coefficient (Wildman–Crippen LogP) is 2.15. The van der Waals surface area contributed by atoms with E-state index in [9.17, 15) is 0 Å². The molecule has 2 aromatic rings. The van der Waals surface area contributed by atoms with Gasteiger partial charge in [-0.1, -0.05) is 24.3 Å². The highest BCUT2D eigenvalue weighted by molar-refractivity contribution is 5.30. The Morgan fingerprint density at radius 1 is 1.31 bits per heavy atom. The van der Waals surface area contributed by atoms with E-state index in [1.54, 1.807) is 0 Å². The Labute approximate surface area is 95.4 Å². The van der Waals surface area contributed by atoms with Gasteiger partial charge < -0.3 is 5.32 Å². The highest BCUT2D eigenvalue weighted by Crippen LogP contribution is 2.07. The summed E-state index contributed by atoms with van der Waals surface area (Å²) in [6.45, 7) is 5.30. The average Bonchev–Trinajstić information content (AvgIpc) is 2.79. The second kappa shape index (κ2) is 5.28. The van der Waals surface area contributed by atoms with E-state index in [2.05, 4.69) is 17.0 Å². The maximum Gasteiger partial charge on any atom is 0.0645 e. The van der Waals surface area contributed by atoms with Gasteiger partial charge in [-0.3, -0.25) is 0 Å². The van der Waals surface area contributed by atoms with Crippen LogP contribution in [0.25, 0.3) is 5.69 Å². The molecule has 1 N–H and O–H groups in total. The third-order valence-electron chi connectivity index (χ3n) is 2.27. The van der Waals surface area contributed by atoms with Gasteiger partial charge in [0.25, 0.3) is 0 Å². The summed E-state index contributed by atoms with van der Waals surface area (Å²) in [5.41, 5.74) is 2.25. The summed E-state index contributed by atoms with van der Waals surface area (Å²) in [7, 11) is 0. The molecule has 1 aromatic heterocycles. The molecule has 3 nitrogen and oxygen atoms in total. The van der Waals surface area contributed by atoms with Gasteiger partial charge in [-0.15, -0.1) is 6.58 Å². The highest BCUT2D eigenvalue weighted by Gasteiger charge is 1.99. The van der Waals surface area contributed by atoms with Crippen molar-refractivity contribution in [2.24, 2.45) is 0 Å². The third kappa shape index (κ3) is 2.58. The quantitative estimate of drug-likeness (QED) is 0.609. The topological polar surface area (TPSA) is 29.9 Å². The van der Waals surface area contributed by atoms with Gasteiger partial charge >= 0.3 is 0 Å². The van der Waals surface area contributed by atoms with Crippen molar-refractivity contribution in [1.82, 2.24) is 15.1 Å². The number of rotatable bonds is 5. The van der Waals surface area contributed by atoms with Crippen molar-refractivity contribution in [2.45, 2.75) is 6.54 Å². The van der Waals surface area contributed by atoms with Crippen molar-refractivity contribution in [3.05, 3.63) is 60.9 Å². The molecule has 0 bridgehead atoms. The summed E-state index contributed by atoms with van der Waals surface area (Å²) in [6, 6.07) is 10.1. The molecule has 82 valence electrons. The molecule has 2 rings (SSSR count). The van der Waals surface area contributed by atoms with Crippen LogP contribution >= 0.6 is 0 Å². The van der Waals surface area contributed by atoms with Gasteiger partial charge in [0.1, 0.15) is 0 Å². The number of benzene rings is 1. The Morgan fingerprint density at radius 2 is 2.12 bits per heavy atom. The number of hydrogen-bond donors (Lipinski definition) is 1. The monoisotopic (exact) mass is 213 g/mol. The summed E-state index contributed by atoms with van der Waals surface area (Å²) in [6.07, 6.45) is 5.76. The molecule has 0 saturated carbocycles. The number of nitrogens with one attached hydrogen (secondary N) is 1. The molecular weight excluding hydrogens is 198 g/mol. The molecule has 0 radical (unpaired) electrons. The lowest BCUT2D eigenvalue weighted by molar-refractivity contribution is 0.760. The van der Waals surface area contributed by atoms with Gasteiger partial charge in [-0.05, 0) is 12.1 Å². The maximum atomic E-state index is 4.32. The van der Waals surface area contributed by atoms with Crippen LogP contribution in [-0.2, 0) is 6.54 Å². The molecule has 1 heterocycles. The number of hydrogen-bond acceptors (Lipinski definition) is 2. The predicted molar refractivity (Wildman–Crippen MR) is 65.5 cm³/mol. The molecule has 0 fully saturated rings. The van der Waals surface area contributed by atoms with E-state index >= 15 is 0 Å². The first-order chi connectivity index (χ1) is 7.90. The van der Waals surface area contributed by atoms with Crippen LogP contribution in [0.4, 0.5) is 0 Å². The zero-order valence-electron chi connectivity index (χ0n) is 9.13. The van der Waals surface area contributed by atoms with Crippen molar-refractivity contribution >= 4 is 0 Å². The minimum Gasteiger partial charge on any atom is -0.309 e. The molecule has 0 amide bonds. The Morgan fingerprint density at radius 3 is 2.88 bits per heavy atom. The van der Waals surface area contributed by atoms with Crippen molar-refractivity contribution in [3.63, 3.8) is 0 Å². The van der Waals surface area contributed by atoms with Crippen molar-refractivity contribution in [3.8, 4) is 5.69 Å². The smallest absolute Gasteiger partial charge is 0.0645 e. The van der Waals surface area contributed by atoms with Crippen molar-refractivity contribution in [2.75, 3.05) is 6.54 Å². The third-order valence-corrected chi connectivity index (χ3v) is 2.27. The van der Waals surface area contributed by atoms with Gasteiger partial charge in [0.2, 0.25) is 0 Å². The molecule has 0 atom stereocenters. The fourth-order valence-electron chi connectivity index (χ4n) is 1.49. The van der Waals surface area contributed by atoms with Gasteiger partial charge in [-0.25, -0.2) is 4.68 Å². The van der Waals surface area contributed by atoms with Crippen LogP contribution in [0, 0.1) is 0 Å². The van der Waals surface area contributed by atoms with E-state index in [0.29, 0.717) is 0 Å². The van der Waals surface area contributed by atoms with Gasteiger partial charge in [-0.2, -0.15) is 5.10 Å². The second-order valence-corrected chi connectivity index (χ2v) is 3.55. The minimum atomic E-state index is 0.816. The second-order valence-electron chi connectivity index (χ2n) is 3.55. The van der Waals surface area contributed by atoms with Gasteiger partial charge in [0.05, 0.1) is 11.9 Å². The minimum absolute atomic E-state index is 0.816. The van der Waals surface area contributed by atoms with Crippen molar-refractivity contribution < 1.29 is 0 Å². The average molecular weight is 213 g/mol.